The fourth-order valence-corrected chi connectivity index (χ4v) is 5.14. The SMILES string of the molecule is Cc1c(Cl)cccc1N1C(=O)[C@@H](N2C(=O)c3cccc([N+](=O)[O-])c3C2=O)[C@H]1c1ccc2c(c1)OCO2. The highest BCUT2D eigenvalue weighted by atomic mass is 35.5. The van der Waals surface area contributed by atoms with Gasteiger partial charge in [0.15, 0.2) is 11.5 Å². The van der Waals surface area contributed by atoms with Gasteiger partial charge >= 0.3 is 0 Å². The van der Waals surface area contributed by atoms with E-state index in [1.807, 2.05) is 0 Å². The van der Waals surface area contributed by atoms with Gasteiger partial charge in [0, 0.05) is 16.8 Å². The number of ether oxygens (including phenoxy) is 2. The van der Waals surface area contributed by atoms with Crippen LogP contribution in [-0.2, 0) is 4.79 Å². The lowest BCUT2D eigenvalue weighted by atomic mass is 9.85. The number of fused-ring (bicyclic) bond motifs is 2. The second-order valence-electron chi connectivity index (χ2n) is 8.53. The van der Waals surface area contributed by atoms with Gasteiger partial charge in [0.25, 0.3) is 23.4 Å². The standard InChI is InChI=1S/C25H16ClN3O7/c1-12-15(26)5-3-6-16(12)27-21(13-8-9-18-19(10-13)36-11-35-18)22(25(27)32)28-23(30)14-4-2-7-17(29(33)34)20(14)24(28)31/h2-10,21-22H,11H2,1H3/t21-,22+/m1/s1. The van der Waals surface area contributed by atoms with Crippen LogP contribution in [-0.4, -0.2) is 40.4 Å². The largest absolute Gasteiger partial charge is 0.454 e. The van der Waals surface area contributed by atoms with Crippen molar-refractivity contribution in [3.63, 3.8) is 0 Å². The number of carbonyl (C=O) groups excluding carboxylic acids is 3. The zero-order valence-corrected chi connectivity index (χ0v) is 19.4. The van der Waals surface area contributed by atoms with Crippen LogP contribution >= 0.6 is 11.6 Å². The van der Waals surface area contributed by atoms with Crippen LogP contribution in [0.2, 0.25) is 5.02 Å². The molecule has 180 valence electrons. The summed E-state index contributed by atoms with van der Waals surface area (Å²) in [4.78, 5) is 53.5. The van der Waals surface area contributed by atoms with Crippen molar-refractivity contribution in [1.82, 2.24) is 4.90 Å². The van der Waals surface area contributed by atoms with Crippen molar-refractivity contribution >= 4 is 40.7 Å². The normalized spacial score (nSPS) is 20.0. The topological polar surface area (TPSA) is 119 Å². The molecule has 3 amide bonds. The number of nitro groups is 1. The zero-order chi connectivity index (χ0) is 25.3. The van der Waals surface area contributed by atoms with Gasteiger partial charge in [-0.15, -0.1) is 0 Å². The van der Waals surface area contributed by atoms with Crippen molar-refractivity contribution in [1.29, 1.82) is 0 Å². The number of anilines is 1. The van der Waals surface area contributed by atoms with E-state index in [0.717, 1.165) is 11.0 Å². The molecule has 2 atom stereocenters. The van der Waals surface area contributed by atoms with Crippen molar-refractivity contribution in [2.24, 2.45) is 0 Å². The third-order valence-electron chi connectivity index (χ3n) is 6.70. The van der Waals surface area contributed by atoms with Crippen molar-refractivity contribution in [3.8, 4) is 11.5 Å². The summed E-state index contributed by atoms with van der Waals surface area (Å²) in [6, 6.07) is 12.1. The van der Waals surface area contributed by atoms with Crippen LogP contribution in [0.25, 0.3) is 0 Å². The Bertz CT molecular complexity index is 1520. The molecule has 11 heteroatoms. The molecule has 6 rings (SSSR count). The van der Waals surface area contributed by atoms with E-state index in [4.69, 9.17) is 21.1 Å². The number of hydrogen-bond acceptors (Lipinski definition) is 7. The molecule has 3 aliphatic heterocycles. The van der Waals surface area contributed by atoms with Crippen molar-refractivity contribution < 1.29 is 28.8 Å². The molecule has 0 bridgehead atoms. The van der Waals surface area contributed by atoms with Crippen LogP contribution in [0.4, 0.5) is 11.4 Å². The molecule has 1 fully saturated rings. The minimum absolute atomic E-state index is 0.0466. The average Bonchev–Trinajstić information content (AvgIpc) is 3.43. The van der Waals surface area contributed by atoms with Gasteiger partial charge in [-0.05, 0) is 48.4 Å². The van der Waals surface area contributed by atoms with E-state index in [-0.39, 0.29) is 17.9 Å². The number of nitro benzene ring substituents is 1. The molecule has 0 unspecified atom stereocenters. The van der Waals surface area contributed by atoms with Gasteiger partial charge in [-0.1, -0.05) is 29.8 Å². The van der Waals surface area contributed by atoms with Crippen molar-refractivity contribution in [2.75, 3.05) is 11.7 Å². The van der Waals surface area contributed by atoms with Gasteiger partial charge in [0.2, 0.25) is 6.79 Å². The van der Waals surface area contributed by atoms with Gasteiger partial charge in [-0.2, -0.15) is 0 Å². The highest BCUT2D eigenvalue weighted by molar-refractivity contribution is 6.32. The van der Waals surface area contributed by atoms with E-state index in [2.05, 4.69) is 0 Å². The lowest BCUT2D eigenvalue weighted by molar-refractivity contribution is -0.385. The van der Waals surface area contributed by atoms with Crippen LogP contribution in [0.5, 0.6) is 11.5 Å². The first-order valence-corrected chi connectivity index (χ1v) is 11.3. The van der Waals surface area contributed by atoms with Crippen molar-refractivity contribution in [2.45, 2.75) is 19.0 Å². The number of amides is 3. The molecular weight excluding hydrogens is 490 g/mol. The number of nitrogens with zero attached hydrogens (tertiary/aromatic N) is 3. The minimum atomic E-state index is -1.23. The summed E-state index contributed by atoms with van der Waals surface area (Å²) in [6.45, 7) is 1.81. The molecule has 3 aromatic carbocycles. The Labute approximate surface area is 208 Å². The predicted octanol–water partition coefficient (Wildman–Crippen LogP) is 4.04. The number of imide groups is 1. The van der Waals surface area contributed by atoms with Crippen LogP contribution < -0.4 is 14.4 Å². The lowest BCUT2D eigenvalue weighted by Gasteiger charge is -2.50. The van der Waals surface area contributed by atoms with E-state index in [9.17, 15) is 24.5 Å². The molecular formula is C25H16ClN3O7. The molecule has 1 saturated heterocycles. The lowest BCUT2D eigenvalue weighted by Crippen LogP contribution is -2.67. The number of benzene rings is 3. The Balaban J connectivity index is 1.48. The molecule has 3 heterocycles. The first-order chi connectivity index (χ1) is 17.3. The van der Waals surface area contributed by atoms with E-state index in [0.29, 0.717) is 33.3 Å². The summed E-state index contributed by atoms with van der Waals surface area (Å²) < 4.78 is 10.9. The molecule has 0 spiro atoms. The Morgan fingerprint density at radius 3 is 2.47 bits per heavy atom. The number of β-lactam (4-membered cyclic amide) rings is 1. The van der Waals surface area contributed by atoms with E-state index in [1.165, 1.54) is 17.0 Å². The Hall–Kier alpha value is -4.44. The second kappa shape index (κ2) is 7.79. The summed E-state index contributed by atoms with van der Waals surface area (Å²) in [5.41, 5.74) is 0.853. The predicted molar refractivity (Wildman–Crippen MR) is 126 cm³/mol. The maximum Gasteiger partial charge on any atom is 0.282 e. The van der Waals surface area contributed by atoms with Gasteiger partial charge < -0.3 is 14.4 Å². The van der Waals surface area contributed by atoms with Gasteiger partial charge in [0.1, 0.15) is 11.6 Å². The van der Waals surface area contributed by atoms with E-state index in [1.54, 1.807) is 43.3 Å². The monoisotopic (exact) mass is 505 g/mol. The molecule has 0 N–H and O–H groups in total. The van der Waals surface area contributed by atoms with Gasteiger partial charge in [-0.25, -0.2) is 0 Å². The summed E-state index contributed by atoms with van der Waals surface area (Å²) in [5.74, 6) is -1.16. The summed E-state index contributed by atoms with van der Waals surface area (Å²) in [7, 11) is 0. The Kier molecular flexibility index (Phi) is 4.77. The third-order valence-corrected chi connectivity index (χ3v) is 7.11. The fourth-order valence-electron chi connectivity index (χ4n) is 4.97. The Morgan fingerprint density at radius 2 is 1.69 bits per heavy atom. The smallest absolute Gasteiger partial charge is 0.282 e. The molecule has 0 radical (unpaired) electrons. The number of hydrogen-bond donors (Lipinski definition) is 0. The van der Waals surface area contributed by atoms with E-state index >= 15 is 0 Å². The number of halogens is 1. The zero-order valence-electron chi connectivity index (χ0n) is 18.6. The molecule has 0 aromatic heterocycles. The maximum absolute atomic E-state index is 13.6. The van der Waals surface area contributed by atoms with Crippen LogP contribution in [0.15, 0.2) is 54.6 Å². The molecule has 3 aromatic rings. The average molecular weight is 506 g/mol. The van der Waals surface area contributed by atoms with Gasteiger partial charge in [0.05, 0.1) is 16.5 Å². The van der Waals surface area contributed by atoms with Gasteiger partial charge in [-0.3, -0.25) is 29.4 Å². The highest BCUT2D eigenvalue weighted by Gasteiger charge is 2.58. The highest BCUT2D eigenvalue weighted by Crippen LogP contribution is 2.48. The second-order valence-corrected chi connectivity index (χ2v) is 8.94. The number of rotatable bonds is 4. The number of carbonyl (C=O) groups is 3. The maximum atomic E-state index is 13.6. The summed E-state index contributed by atoms with van der Waals surface area (Å²) >= 11 is 6.32. The van der Waals surface area contributed by atoms with Crippen LogP contribution in [0, 0.1) is 17.0 Å². The summed E-state index contributed by atoms with van der Waals surface area (Å²) in [5, 5.41) is 12.0. The molecule has 3 aliphatic rings. The molecule has 0 aliphatic carbocycles. The summed E-state index contributed by atoms with van der Waals surface area (Å²) in [6.07, 6.45) is 0. The third kappa shape index (κ3) is 2.94. The quantitative estimate of drug-likeness (QED) is 0.227. The minimum Gasteiger partial charge on any atom is -0.454 e. The van der Waals surface area contributed by atoms with Crippen molar-refractivity contribution in [3.05, 3.63) is 92.0 Å². The molecule has 10 nitrogen and oxygen atoms in total. The Morgan fingerprint density at radius 1 is 0.944 bits per heavy atom. The fraction of sp³-hybridized carbons (Fsp3) is 0.160. The molecule has 0 saturated carbocycles. The first kappa shape index (κ1) is 22.1. The van der Waals surface area contributed by atoms with Crippen LogP contribution in [0.1, 0.15) is 37.9 Å². The first-order valence-electron chi connectivity index (χ1n) is 10.9. The molecule has 36 heavy (non-hydrogen) atoms. The van der Waals surface area contributed by atoms with E-state index < -0.39 is 40.4 Å². The van der Waals surface area contributed by atoms with Crippen LogP contribution in [0.3, 0.4) is 0 Å².